The van der Waals surface area contributed by atoms with Crippen molar-refractivity contribution < 1.29 is 19.2 Å². The molecule has 0 saturated carbocycles. The van der Waals surface area contributed by atoms with E-state index in [1.165, 1.54) is 23.8 Å². The molecule has 0 unspecified atom stereocenters. The lowest BCUT2D eigenvalue weighted by atomic mass is 10.1. The number of rotatable bonds is 8. The van der Waals surface area contributed by atoms with E-state index in [0.717, 1.165) is 16.9 Å². The Hall–Kier alpha value is -3.60. The van der Waals surface area contributed by atoms with Gasteiger partial charge in [0.15, 0.2) is 0 Å². The van der Waals surface area contributed by atoms with Gasteiger partial charge >= 0.3 is 5.97 Å². The minimum Gasteiger partial charge on any atom is -0.469 e. The molecular weight excluding hydrogens is 424 g/mol. The van der Waals surface area contributed by atoms with Crippen LogP contribution in [0.4, 0.5) is 5.69 Å². The van der Waals surface area contributed by atoms with Gasteiger partial charge in [-0.15, -0.1) is 11.3 Å². The summed E-state index contributed by atoms with van der Waals surface area (Å²) in [5, 5.41) is 11.2. The Kier molecular flexibility index (Phi) is 6.44. The number of carbonyl (C=O) groups is 2. The van der Waals surface area contributed by atoms with Gasteiger partial charge in [-0.05, 0) is 24.5 Å². The van der Waals surface area contributed by atoms with Gasteiger partial charge in [0, 0.05) is 31.5 Å². The number of methoxy groups -OCH3 is 1. The highest BCUT2D eigenvalue weighted by Gasteiger charge is 2.20. The van der Waals surface area contributed by atoms with E-state index in [4.69, 9.17) is 5.73 Å². The van der Waals surface area contributed by atoms with Crippen molar-refractivity contribution in [2.75, 3.05) is 7.11 Å². The number of primary amides is 1. The second-order valence-corrected chi connectivity index (χ2v) is 7.86. The number of amides is 1. The van der Waals surface area contributed by atoms with E-state index in [9.17, 15) is 24.5 Å². The number of nitrogens with zero attached hydrogens (tertiary/aromatic N) is 3. The van der Waals surface area contributed by atoms with E-state index in [1.807, 2.05) is 0 Å². The van der Waals surface area contributed by atoms with Crippen LogP contribution in [0.3, 0.4) is 0 Å². The molecule has 0 aliphatic carbocycles. The fourth-order valence-electron chi connectivity index (χ4n) is 3.26. The van der Waals surface area contributed by atoms with Crippen LogP contribution in [-0.2, 0) is 22.5 Å². The first-order valence-corrected chi connectivity index (χ1v) is 10.2. The summed E-state index contributed by atoms with van der Waals surface area (Å²) in [5.74, 6) is -0.593. The standard InChI is InChI=1S/C20H20N4O6S/c1-11-16-19(31-17(11)18(21)26)22-14(10-12-5-7-13(8-6-12)24(28)29)23(20(16)27)9-3-4-15(25)30-2/h5-8H,3-4,9-10H2,1-2H3,(H2,21,26). The van der Waals surface area contributed by atoms with Gasteiger partial charge in [-0.25, -0.2) is 4.98 Å². The number of hydrogen-bond acceptors (Lipinski definition) is 8. The zero-order valence-corrected chi connectivity index (χ0v) is 17.7. The molecule has 0 saturated heterocycles. The Morgan fingerprint density at radius 2 is 1.97 bits per heavy atom. The fourth-order valence-corrected chi connectivity index (χ4v) is 4.30. The van der Waals surface area contributed by atoms with Crippen molar-refractivity contribution in [3.05, 3.63) is 66.6 Å². The number of esters is 1. The molecule has 2 N–H and O–H groups in total. The zero-order chi connectivity index (χ0) is 22.7. The van der Waals surface area contributed by atoms with Crippen molar-refractivity contribution in [2.45, 2.75) is 32.7 Å². The quantitative estimate of drug-likeness (QED) is 0.318. The lowest BCUT2D eigenvalue weighted by Gasteiger charge is -2.12. The molecule has 10 nitrogen and oxygen atoms in total. The molecule has 31 heavy (non-hydrogen) atoms. The number of nitro groups is 1. The topological polar surface area (TPSA) is 147 Å². The van der Waals surface area contributed by atoms with Crippen LogP contribution in [0.25, 0.3) is 10.2 Å². The molecule has 0 bridgehead atoms. The van der Waals surface area contributed by atoms with Crippen LogP contribution in [0.15, 0.2) is 29.1 Å². The predicted molar refractivity (Wildman–Crippen MR) is 114 cm³/mol. The number of aromatic nitrogens is 2. The second kappa shape index (κ2) is 9.04. The molecule has 162 valence electrons. The Balaban J connectivity index is 2.06. The molecule has 0 atom stereocenters. The fraction of sp³-hybridized carbons (Fsp3) is 0.300. The zero-order valence-electron chi connectivity index (χ0n) is 16.9. The highest BCUT2D eigenvalue weighted by molar-refractivity contribution is 7.20. The van der Waals surface area contributed by atoms with Crippen molar-refractivity contribution in [1.29, 1.82) is 0 Å². The number of fused-ring (bicyclic) bond motifs is 1. The first kappa shape index (κ1) is 22.1. The molecule has 1 aromatic carbocycles. The molecule has 3 rings (SSSR count). The summed E-state index contributed by atoms with van der Waals surface area (Å²) < 4.78 is 6.12. The number of nitrogens with two attached hydrogens (primary N) is 1. The molecular formula is C20H20N4O6S. The molecule has 0 radical (unpaired) electrons. The monoisotopic (exact) mass is 444 g/mol. The maximum Gasteiger partial charge on any atom is 0.305 e. The lowest BCUT2D eigenvalue weighted by molar-refractivity contribution is -0.384. The van der Waals surface area contributed by atoms with Crippen LogP contribution in [0.1, 0.15) is 39.5 Å². The number of benzene rings is 1. The van der Waals surface area contributed by atoms with Gasteiger partial charge in [-0.3, -0.25) is 29.1 Å². The SMILES string of the molecule is COC(=O)CCCn1c(Cc2ccc([N+](=O)[O-])cc2)nc2sc(C(N)=O)c(C)c2c1=O. The summed E-state index contributed by atoms with van der Waals surface area (Å²) in [7, 11) is 1.29. The molecule has 0 aliphatic heterocycles. The Labute approximate surface area is 180 Å². The Bertz CT molecular complexity index is 1230. The molecule has 0 fully saturated rings. The number of carbonyl (C=O) groups excluding carboxylic acids is 2. The van der Waals surface area contributed by atoms with Crippen LogP contribution < -0.4 is 11.3 Å². The minimum absolute atomic E-state index is 0.0392. The maximum absolute atomic E-state index is 13.3. The summed E-state index contributed by atoms with van der Waals surface area (Å²) in [6.07, 6.45) is 0.732. The normalized spacial score (nSPS) is 10.9. The van der Waals surface area contributed by atoms with E-state index >= 15 is 0 Å². The number of aryl methyl sites for hydroxylation is 1. The summed E-state index contributed by atoms with van der Waals surface area (Å²) >= 11 is 1.06. The van der Waals surface area contributed by atoms with E-state index in [2.05, 4.69) is 9.72 Å². The van der Waals surface area contributed by atoms with Crippen molar-refractivity contribution in [2.24, 2.45) is 5.73 Å². The van der Waals surface area contributed by atoms with E-state index in [1.54, 1.807) is 19.1 Å². The predicted octanol–water partition coefficient (Wildman–Crippen LogP) is 2.32. The highest BCUT2D eigenvalue weighted by Crippen LogP contribution is 2.27. The van der Waals surface area contributed by atoms with Gasteiger partial charge < -0.3 is 10.5 Å². The Morgan fingerprint density at radius 3 is 2.55 bits per heavy atom. The first-order valence-electron chi connectivity index (χ1n) is 9.35. The van der Waals surface area contributed by atoms with Gasteiger partial charge in [0.25, 0.3) is 17.2 Å². The highest BCUT2D eigenvalue weighted by atomic mass is 32.1. The van der Waals surface area contributed by atoms with Crippen LogP contribution in [-0.4, -0.2) is 33.5 Å². The number of ether oxygens (including phenoxy) is 1. The lowest BCUT2D eigenvalue weighted by Crippen LogP contribution is -2.26. The molecule has 11 heteroatoms. The molecule has 0 aliphatic rings. The smallest absolute Gasteiger partial charge is 0.305 e. The van der Waals surface area contributed by atoms with Gasteiger partial charge in [0.2, 0.25) is 0 Å². The average Bonchev–Trinajstić information content (AvgIpc) is 3.07. The first-order chi connectivity index (χ1) is 14.7. The van der Waals surface area contributed by atoms with Crippen molar-refractivity contribution >= 4 is 39.1 Å². The summed E-state index contributed by atoms with van der Waals surface area (Å²) in [6.45, 7) is 1.87. The number of nitro benzene ring substituents is 1. The third-order valence-corrected chi connectivity index (χ3v) is 6.05. The minimum atomic E-state index is -0.630. The largest absolute Gasteiger partial charge is 0.469 e. The van der Waals surface area contributed by atoms with Crippen molar-refractivity contribution in [3.8, 4) is 0 Å². The number of non-ortho nitro benzene ring substituents is 1. The average molecular weight is 444 g/mol. The van der Waals surface area contributed by atoms with E-state index in [0.29, 0.717) is 28.0 Å². The summed E-state index contributed by atoms with van der Waals surface area (Å²) in [6, 6.07) is 5.96. The molecule has 0 spiro atoms. The van der Waals surface area contributed by atoms with Crippen LogP contribution in [0, 0.1) is 17.0 Å². The molecule has 2 heterocycles. The van der Waals surface area contributed by atoms with E-state index < -0.39 is 10.8 Å². The summed E-state index contributed by atoms with van der Waals surface area (Å²) in [5.41, 5.74) is 6.26. The van der Waals surface area contributed by atoms with Crippen LogP contribution >= 0.6 is 11.3 Å². The van der Waals surface area contributed by atoms with Crippen LogP contribution in [0.2, 0.25) is 0 Å². The molecule has 3 aromatic rings. The van der Waals surface area contributed by atoms with Crippen LogP contribution in [0.5, 0.6) is 0 Å². The second-order valence-electron chi connectivity index (χ2n) is 6.87. The van der Waals surface area contributed by atoms with Gasteiger partial charge in [0.1, 0.15) is 10.7 Å². The van der Waals surface area contributed by atoms with Crippen molar-refractivity contribution in [3.63, 3.8) is 0 Å². The third-order valence-electron chi connectivity index (χ3n) is 4.85. The van der Waals surface area contributed by atoms with E-state index in [-0.39, 0.29) is 41.5 Å². The number of thiophene rings is 1. The maximum atomic E-state index is 13.3. The third kappa shape index (κ3) is 4.61. The van der Waals surface area contributed by atoms with Gasteiger partial charge in [-0.1, -0.05) is 12.1 Å². The Morgan fingerprint density at radius 1 is 1.29 bits per heavy atom. The molecule has 2 aromatic heterocycles. The van der Waals surface area contributed by atoms with Crippen molar-refractivity contribution in [1.82, 2.24) is 9.55 Å². The summed E-state index contributed by atoms with van der Waals surface area (Å²) in [4.78, 5) is 52.1. The van der Waals surface area contributed by atoms with Gasteiger partial charge in [-0.2, -0.15) is 0 Å². The molecule has 1 amide bonds. The number of hydrogen-bond donors (Lipinski definition) is 1. The van der Waals surface area contributed by atoms with Gasteiger partial charge in [0.05, 0.1) is 22.3 Å².